The number of hydrogen-bond donors (Lipinski definition) is 3. The van der Waals surface area contributed by atoms with E-state index in [1.807, 2.05) is 18.2 Å². The summed E-state index contributed by atoms with van der Waals surface area (Å²) in [6, 6.07) is 12.8. The van der Waals surface area contributed by atoms with Crippen LogP contribution in [0.2, 0.25) is 6.32 Å². The molecule has 2 aromatic carbocycles. The number of phenols is 2. The van der Waals surface area contributed by atoms with Crippen molar-refractivity contribution < 1.29 is 19.7 Å². The Morgan fingerprint density at radius 3 is 2.47 bits per heavy atom. The van der Waals surface area contributed by atoms with E-state index in [9.17, 15) is 15.0 Å². The Kier molecular flexibility index (Phi) is 6.43. The topological polar surface area (TPSA) is 83.7 Å². The summed E-state index contributed by atoms with van der Waals surface area (Å²) in [6.45, 7) is 7.94. The molecule has 1 atom stereocenters. The van der Waals surface area contributed by atoms with Gasteiger partial charge in [0.25, 0.3) is 0 Å². The van der Waals surface area contributed by atoms with E-state index in [0.717, 1.165) is 23.1 Å². The van der Waals surface area contributed by atoms with Crippen LogP contribution in [0.15, 0.2) is 42.5 Å². The summed E-state index contributed by atoms with van der Waals surface area (Å²) >= 11 is 0. The minimum Gasteiger partial charge on any atom is -0.504 e. The Hall–Kier alpha value is -2.93. The zero-order valence-electron chi connectivity index (χ0n) is 20.4. The van der Waals surface area contributed by atoms with E-state index in [-0.39, 0.29) is 28.7 Å². The number of methoxy groups -OCH3 is 1. The molecule has 0 unspecified atom stereocenters. The molecule has 1 heterocycles. The highest BCUT2D eigenvalue weighted by molar-refractivity contribution is 6.08. The molecule has 34 heavy (non-hydrogen) atoms. The maximum atomic E-state index is 13.2. The fourth-order valence-electron chi connectivity index (χ4n) is 4.70. The van der Waals surface area contributed by atoms with E-state index in [1.54, 1.807) is 13.2 Å². The number of hydrogen-bond acceptors (Lipinski definition) is 4. The summed E-state index contributed by atoms with van der Waals surface area (Å²) < 4.78 is 7.68. The maximum Gasteiger partial charge on any atom is 0.235 e. The molecular formula is C27H33BN2O4. The van der Waals surface area contributed by atoms with E-state index in [4.69, 9.17) is 12.6 Å². The van der Waals surface area contributed by atoms with Crippen molar-refractivity contribution in [1.29, 1.82) is 0 Å². The Balaban J connectivity index is 1.63. The summed E-state index contributed by atoms with van der Waals surface area (Å²) in [4.78, 5) is 13.2. The summed E-state index contributed by atoms with van der Waals surface area (Å²) in [5.41, 5.74) is 3.02. The van der Waals surface area contributed by atoms with Crippen LogP contribution in [0, 0.1) is 5.92 Å². The van der Waals surface area contributed by atoms with Gasteiger partial charge in [0.05, 0.1) is 13.3 Å². The first kappa shape index (κ1) is 24.2. The van der Waals surface area contributed by atoms with Crippen LogP contribution < -0.4 is 5.32 Å². The Bertz CT molecular complexity index is 1210. The largest absolute Gasteiger partial charge is 0.504 e. The first-order valence-corrected chi connectivity index (χ1v) is 11.8. The van der Waals surface area contributed by atoms with Gasteiger partial charge in [-0.05, 0) is 60.7 Å². The zero-order valence-corrected chi connectivity index (χ0v) is 20.4. The van der Waals surface area contributed by atoms with Gasteiger partial charge in [0.15, 0.2) is 11.5 Å². The molecule has 1 saturated carbocycles. The molecule has 0 saturated heterocycles. The lowest BCUT2D eigenvalue weighted by Crippen LogP contribution is -2.27. The van der Waals surface area contributed by atoms with Crippen molar-refractivity contribution in [1.82, 2.24) is 4.57 Å². The van der Waals surface area contributed by atoms with Crippen LogP contribution in [0.5, 0.6) is 11.5 Å². The molecule has 1 fully saturated rings. The maximum absolute atomic E-state index is 13.2. The fraction of sp³-hybridized carbons (Fsp3) is 0.444. The van der Waals surface area contributed by atoms with Gasteiger partial charge >= 0.3 is 0 Å². The number of carbonyl (C=O) groups excluding carboxylic acids is 1. The van der Waals surface area contributed by atoms with E-state index < -0.39 is 5.41 Å². The molecule has 178 valence electrons. The van der Waals surface area contributed by atoms with Gasteiger partial charge in [0, 0.05) is 48.0 Å². The van der Waals surface area contributed by atoms with Crippen LogP contribution in [-0.4, -0.2) is 42.3 Å². The summed E-state index contributed by atoms with van der Waals surface area (Å²) in [5, 5.41) is 23.6. The summed E-state index contributed by atoms with van der Waals surface area (Å²) in [5.74, 6) is -0.293. The lowest BCUT2D eigenvalue weighted by atomic mass is 9.89. The number of carbonyl (C=O) groups is 1. The number of ether oxygens (including phenoxy) is 1. The van der Waals surface area contributed by atoms with Gasteiger partial charge in [-0.1, -0.05) is 33.2 Å². The first-order chi connectivity index (χ1) is 16.1. The molecule has 7 heteroatoms. The molecule has 1 aromatic heterocycles. The predicted octanol–water partition coefficient (Wildman–Crippen LogP) is 4.87. The molecule has 0 spiro atoms. The van der Waals surface area contributed by atoms with Crippen LogP contribution in [-0.2, 0) is 26.9 Å². The molecule has 0 bridgehead atoms. The van der Waals surface area contributed by atoms with Crippen LogP contribution in [0.3, 0.4) is 0 Å². The van der Waals surface area contributed by atoms with Crippen LogP contribution >= 0.6 is 0 Å². The molecule has 1 aliphatic rings. The number of fused-ring (bicyclic) bond motifs is 1. The number of aromatic hydroxyl groups is 2. The van der Waals surface area contributed by atoms with E-state index in [0.29, 0.717) is 31.3 Å². The fourth-order valence-corrected chi connectivity index (χ4v) is 4.70. The Morgan fingerprint density at radius 2 is 1.88 bits per heavy atom. The van der Waals surface area contributed by atoms with Crippen molar-refractivity contribution in [3.05, 3.63) is 53.7 Å². The molecule has 2 radical (unpaired) electrons. The number of nitrogens with zero attached hydrogens (tertiary/aromatic N) is 1. The smallest absolute Gasteiger partial charge is 0.235 e. The van der Waals surface area contributed by atoms with Gasteiger partial charge in [-0.3, -0.25) is 4.79 Å². The van der Waals surface area contributed by atoms with E-state index >= 15 is 0 Å². The number of benzene rings is 2. The lowest BCUT2D eigenvalue weighted by Gasteiger charge is -2.25. The molecule has 4 rings (SSSR count). The number of phenolic OH excluding ortho intramolecular Hbond substituents is 2. The summed E-state index contributed by atoms with van der Waals surface area (Å²) in [7, 11) is 7.70. The number of rotatable bonds is 8. The van der Waals surface area contributed by atoms with Crippen molar-refractivity contribution in [2.24, 2.45) is 5.92 Å². The van der Waals surface area contributed by atoms with Gasteiger partial charge < -0.3 is 24.8 Å². The van der Waals surface area contributed by atoms with Crippen molar-refractivity contribution in [3.63, 3.8) is 0 Å². The Morgan fingerprint density at radius 1 is 1.15 bits per heavy atom. The second kappa shape index (κ2) is 9.03. The predicted molar refractivity (Wildman–Crippen MR) is 136 cm³/mol. The van der Waals surface area contributed by atoms with Gasteiger partial charge in [-0.25, -0.2) is 0 Å². The standard InChI is InChI=1S/C27H33BN2O4/c1-26(2,3)24-12-18-11-20(6-7-21(18)30(24)15-17(14-28)16-34-4)29-25(33)27(9-10-27)19-5-8-22(31)23(32)13-19/h5-8,11-13,17,31-32H,9-10,14-16H2,1-4H3,(H,29,33)/t17-/m1/s1. The summed E-state index contributed by atoms with van der Waals surface area (Å²) in [6.07, 6.45) is 1.95. The monoisotopic (exact) mass is 460 g/mol. The SMILES string of the molecule is [B]C[C@@H](COC)Cn1c(C(C)(C)C)cc2cc(NC(=O)C3(c4ccc(O)c(O)c4)CC3)ccc21. The van der Waals surface area contributed by atoms with Crippen LogP contribution in [0.4, 0.5) is 5.69 Å². The normalized spacial score (nSPS) is 15.9. The van der Waals surface area contributed by atoms with Gasteiger partial charge in [0.2, 0.25) is 5.91 Å². The third-order valence-corrected chi connectivity index (χ3v) is 6.82. The third kappa shape index (κ3) is 4.54. The lowest BCUT2D eigenvalue weighted by molar-refractivity contribution is -0.118. The van der Waals surface area contributed by atoms with Gasteiger partial charge in [-0.15, -0.1) is 0 Å². The van der Waals surface area contributed by atoms with E-state index in [1.165, 1.54) is 17.8 Å². The highest BCUT2D eigenvalue weighted by Crippen LogP contribution is 2.50. The molecule has 0 aliphatic heterocycles. The number of aromatic nitrogens is 1. The molecule has 3 N–H and O–H groups in total. The molecule has 1 amide bonds. The first-order valence-electron chi connectivity index (χ1n) is 11.8. The van der Waals surface area contributed by atoms with Crippen molar-refractivity contribution in [2.75, 3.05) is 19.0 Å². The average Bonchev–Trinajstić information content (AvgIpc) is 3.52. The third-order valence-electron chi connectivity index (χ3n) is 6.82. The second-order valence-electron chi connectivity index (χ2n) is 10.5. The zero-order chi connectivity index (χ0) is 24.7. The number of anilines is 1. The van der Waals surface area contributed by atoms with E-state index in [2.05, 4.69) is 36.7 Å². The highest BCUT2D eigenvalue weighted by Gasteiger charge is 2.51. The molecule has 6 nitrogen and oxygen atoms in total. The minimum absolute atomic E-state index is 0.0619. The molecular weight excluding hydrogens is 427 g/mol. The number of amides is 1. The van der Waals surface area contributed by atoms with Crippen LogP contribution in [0.25, 0.3) is 10.9 Å². The van der Waals surface area contributed by atoms with Gasteiger partial charge in [0.1, 0.15) is 0 Å². The average molecular weight is 460 g/mol. The number of nitrogens with one attached hydrogen (secondary N) is 1. The second-order valence-corrected chi connectivity index (χ2v) is 10.5. The Labute approximate surface area is 202 Å². The quantitative estimate of drug-likeness (QED) is 0.331. The van der Waals surface area contributed by atoms with Gasteiger partial charge in [-0.2, -0.15) is 0 Å². The van der Waals surface area contributed by atoms with Crippen molar-refractivity contribution in [3.8, 4) is 11.5 Å². The molecule has 1 aliphatic carbocycles. The minimum atomic E-state index is -0.670. The molecule has 3 aromatic rings. The van der Waals surface area contributed by atoms with Crippen molar-refractivity contribution in [2.45, 2.75) is 57.3 Å². The highest BCUT2D eigenvalue weighted by atomic mass is 16.5. The van der Waals surface area contributed by atoms with Crippen molar-refractivity contribution >= 4 is 30.3 Å². The van der Waals surface area contributed by atoms with Crippen LogP contribution in [0.1, 0.15) is 44.9 Å².